The first-order chi connectivity index (χ1) is 40.4. The number of carbonyl (C=O) groups is 3. The highest BCUT2D eigenvalue weighted by Gasteiger charge is 2.46. The Morgan fingerprint density at radius 2 is 0.739 bits per heavy atom. The summed E-state index contributed by atoms with van der Waals surface area (Å²) in [6, 6.07) is 15.4. The molecule has 4 aliphatic carbocycles. The Labute approximate surface area is 496 Å². The van der Waals surface area contributed by atoms with E-state index in [1.54, 1.807) is 10.6 Å². The lowest BCUT2D eigenvalue weighted by molar-refractivity contribution is -0.119. The Bertz CT molecular complexity index is 5120. The predicted octanol–water partition coefficient (Wildman–Crippen LogP) is 4.24. The SMILES string of the molecule is O=C(Nc1cc(S(=O)(=O)O)cc2c1C(S(=O)(=O)O)C=C(S(=O)(=O)O)C2=NC(=O)C1C(S(=O)(=O)O)=Cc2cccc3cccc1c23)Nc1cc(S(=O)(=O)O)cc2c1C(S(=O)(=O)O)C=C(S(=O)(=O)O)C2=NC(=O)C1C(S(=O)(=O)O)=Cc2cccc3cccc1c23. The largest absolute Gasteiger partial charge is 0.323 e. The van der Waals surface area contributed by atoms with Gasteiger partial charge < -0.3 is 10.6 Å². The van der Waals surface area contributed by atoms with E-state index in [0.29, 0.717) is 10.8 Å². The molecule has 0 fully saturated rings. The molecule has 6 aromatic rings. The quantitative estimate of drug-likeness (QED) is 0.0766. The number of hydrogen-bond acceptors (Lipinski definition) is 19. The Kier molecular flexibility index (Phi) is 15.1. The normalized spacial score (nSPS) is 19.9. The van der Waals surface area contributed by atoms with Gasteiger partial charge in [0.1, 0.15) is 32.1 Å². The molecule has 10 rings (SSSR count). The minimum Gasteiger partial charge on any atom is -0.307 e. The molecule has 0 saturated carbocycles. The molecule has 6 aromatic carbocycles. The van der Waals surface area contributed by atoms with Gasteiger partial charge in [0.2, 0.25) is 0 Å². The van der Waals surface area contributed by atoms with Crippen LogP contribution in [0, 0.1) is 0 Å². The van der Waals surface area contributed by atoms with Crippen molar-refractivity contribution in [3.63, 3.8) is 0 Å². The van der Waals surface area contributed by atoms with Gasteiger partial charge in [0.25, 0.3) is 92.8 Å². The van der Waals surface area contributed by atoms with E-state index in [9.17, 15) is 118 Å². The topological polar surface area (TPSA) is 535 Å². The van der Waals surface area contributed by atoms with Crippen LogP contribution in [-0.4, -0.2) is 133 Å². The zero-order valence-corrected chi connectivity index (χ0v) is 49.4. The molecule has 4 atom stereocenters. The van der Waals surface area contributed by atoms with Gasteiger partial charge in [-0.15, -0.1) is 0 Å². The van der Waals surface area contributed by atoms with Gasteiger partial charge in [0, 0.05) is 33.6 Å². The van der Waals surface area contributed by atoms with E-state index in [4.69, 9.17) is 0 Å². The molecule has 0 bridgehead atoms. The molecule has 39 heteroatoms. The standard InChI is InChI=1S/C49H34N4O27S8/c54-47(43-27-11-3-7-21-5-1-9-23(39(21)27)13-33(43)83(63,64)65)52-45-29-15-25(81(57,58)59)17-31(41(29)35(85(69,70)71)19-37(45)87(75,76)77)50-49(56)51-32-18-26(82(60,61)62)16-30-42(32)36(86(72,73)74)20-38(88(78,79)80)46(30)53-48(55)44-28-12-4-8-22-6-2-10-24(40(22)28)14-34(44)84(66,67)68/h1-20,35-36,43-44H,(H2,50,51,56)(H,57,58,59)(H,60,61,62)(H,63,64,65)(H,66,67,68)(H,69,70,71)(H,72,73,74)(H,75,76,77)(H,78,79,80). The summed E-state index contributed by atoms with van der Waals surface area (Å²) in [6.45, 7) is 0. The van der Waals surface area contributed by atoms with Crippen molar-refractivity contribution in [3.8, 4) is 0 Å². The molecule has 0 aromatic heterocycles. The van der Waals surface area contributed by atoms with Gasteiger partial charge >= 0.3 is 6.03 Å². The smallest absolute Gasteiger partial charge is 0.307 e. The van der Waals surface area contributed by atoms with Crippen LogP contribution < -0.4 is 10.6 Å². The van der Waals surface area contributed by atoms with Gasteiger partial charge in [0.05, 0.1) is 31.0 Å². The molecule has 4 unspecified atom stereocenters. The second-order valence-electron chi connectivity index (χ2n) is 19.4. The van der Waals surface area contributed by atoms with Gasteiger partial charge in [-0.2, -0.15) is 67.3 Å². The van der Waals surface area contributed by atoms with Crippen LogP contribution in [0.3, 0.4) is 0 Å². The first-order valence-electron chi connectivity index (χ1n) is 23.8. The molecule has 88 heavy (non-hydrogen) atoms. The molecule has 0 spiro atoms. The third kappa shape index (κ3) is 11.6. The van der Waals surface area contributed by atoms with E-state index in [2.05, 4.69) is 9.98 Å². The highest BCUT2D eigenvalue weighted by atomic mass is 32.2. The molecule has 460 valence electrons. The molecule has 0 saturated heterocycles. The fourth-order valence-electron chi connectivity index (χ4n) is 10.6. The van der Waals surface area contributed by atoms with E-state index in [0.717, 1.165) is 12.2 Å². The number of carbonyl (C=O) groups excluding carboxylic acids is 3. The van der Waals surface area contributed by atoms with Crippen molar-refractivity contribution in [2.24, 2.45) is 9.98 Å². The van der Waals surface area contributed by atoms with Crippen molar-refractivity contribution in [1.29, 1.82) is 0 Å². The molecule has 10 N–H and O–H groups in total. The van der Waals surface area contributed by atoms with Gasteiger partial charge in [0.15, 0.2) is 0 Å². The molecular weight excluding hydrogens is 1330 g/mol. The molecule has 4 aliphatic rings. The summed E-state index contributed by atoms with van der Waals surface area (Å²) in [6.07, 6.45) is 1.61. The van der Waals surface area contributed by atoms with Crippen LogP contribution >= 0.6 is 0 Å². The first-order valence-corrected chi connectivity index (χ1v) is 35.5. The van der Waals surface area contributed by atoms with Gasteiger partial charge in [-0.25, -0.2) is 14.8 Å². The van der Waals surface area contributed by atoms with Crippen LogP contribution in [0.5, 0.6) is 0 Å². The number of allylic oxidation sites excluding steroid dienone is 2. The number of nitrogens with one attached hydrogen (secondary N) is 2. The van der Waals surface area contributed by atoms with Gasteiger partial charge in [-0.05, 0) is 92.4 Å². The van der Waals surface area contributed by atoms with Crippen molar-refractivity contribution in [3.05, 3.63) is 173 Å². The van der Waals surface area contributed by atoms with E-state index in [1.165, 1.54) is 72.8 Å². The van der Waals surface area contributed by atoms with Crippen molar-refractivity contribution in [2.75, 3.05) is 10.6 Å². The minimum atomic E-state index is -6.01. The van der Waals surface area contributed by atoms with Gasteiger partial charge in [-0.3, -0.25) is 46.0 Å². The average Bonchev–Trinajstić information content (AvgIpc) is 1.21. The molecule has 4 amide bonds. The van der Waals surface area contributed by atoms with Crippen LogP contribution in [0.2, 0.25) is 0 Å². The Balaban J connectivity index is 1.17. The monoisotopic (exact) mass is 1370 g/mol. The molecule has 0 aliphatic heterocycles. The highest BCUT2D eigenvalue weighted by molar-refractivity contribution is 7.92. The van der Waals surface area contributed by atoms with Crippen LogP contribution in [0.1, 0.15) is 66.8 Å². The lowest BCUT2D eigenvalue weighted by Crippen LogP contribution is -2.31. The number of aliphatic imine (C=N–C) groups is 2. The van der Waals surface area contributed by atoms with Crippen molar-refractivity contribution in [2.45, 2.75) is 32.1 Å². The van der Waals surface area contributed by atoms with Crippen LogP contribution in [0.25, 0.3) is 33.7 Å². The second-order valence-corrected chi connectivity index (χ2v) is 30.9. The minimum absolute atomic E-state index is 0.0308. The lowest BCUT2D eigenvalue weighted by Gasteiger charge is -2.28. The number of anilines is 2. The summed E-state index contributed by atoms with van der Waals surface area (Å²) < 4.78 is 294. The summed E-state index contributed by atoms with van der Waals surface area (Å²) in [7, 11) is -46.4. The van der Waals surface area contributed by atoms with Crippen LogP contribution in [0.4, 0.5) is 16.2 Å². The number of nitrogens with zero attached hydrogens (tertiary/aromatic N) is 2. The molecule has 0 heterocycles. The van der Waals surface area contributed by atoms with E-state index < -0.39 is 196 Å². The molecular formula is C49H34N4O27S8. The second kappa shape index (κ2) is 21.1. The number of hydrogen-bond donors (Lipinski definition) is 10. The summed E-state index contributed by atoms with van der Waals surface area (Å²) in [5.41, 5.74) is -11.2. The third-order valence-electron chi connectivity index (χ3n) is 14.0. The maximum absolute atomic E-state index is 14.6. The van der Waals surface area contributed by atoms with Gasteiger partial charge in [-0.1, -0.05) is 72.8 Å². The summed E-state index contributed by atoms with van der Waals surface area (Å²) in [5.74, 6) is -8.07. The Morgan fingerprint density at radius 3 is 1.03 bits per heavy atom. The predicted molar refractivity (Wildman–Crippen MR) is 309 cm³/mol. The summed E-state index contributed by atoms with van der Waals surface area (Å²) >= 11 is 0. The maximum Gasteiger partial charge on any atom is 0.323 e. The number of benzene rings is 6. The first kappa shape index (κ1) is 63.1. The number of amides is 4. The lowest BCUT2D eigenvalue weighted by atomic mass is 9.85. The highest BCUT2D eigenvalue weighted by Crippen LogP contribution is 2.48. The Hall–Kier alpha value is -7.97. The zero-order chi connectivity index (χ0) is 64.7. The zero-order valence-electron chi connectivity index (χ0n) is 42.9. The molecule has 31 nitrogen and oxygen atoms in total. The third-order valence-corrected chi connectivity index (χ3v) is 21.4. The summed E-state index contributed by atoms with van der Waals surface area (Å²) in [4.78, 5) is 42.3. The van der Waals surface area contributed by atoms with Crippen LogP contribution in [-0.2, 0) is 90.5 Å². The number of urea groups is 1. The fraction of sp³-hybridized carbons (Fsp3) is 0.0816. The van der Waals surface area contributed by atoms with E-state index in [-0.39, 0.29) is 69.4 Å². The van der Waals surface area contributed by atoms with E-state index >= 15 is 0 Å². The maximum atomic E-state index is 14.6. The van der Waals surface area contributed by atoms with Crippen molar-refractivity contribution in [1.82, 2.24) is 0 Å². The molecule has 0 radical (unpaired) electrons. The van der Waals surface area contributed by atoms with Crippen LogP contribution in [0.15, 0.2) is 149 Å². The van der Waals surface area contributed by atoms with Crippen molar-refractivity contribution >= 4 is 155 Å². The fourth-order valence-corrected chi connectivity index (χ4v) is 16.6. The van der Waals surface area contributed by atoms with E-state index in [1.807, 2.05) is 0 Å². The Morgan fingerprint density at radius 1 is 0.409 bits per heavy atom. The summed E-state index contributed by atoms with van der Waals surface area (Å²) in [5, 5.41) is -1.30. The average molecular weight is 1370 g/mol. The number of rotatable bonds is 12. The van der Waals surface area contributed by atoms with Crippen molar-refractivity contribution < 1.29 is 118 Å². The number of fused-ring (bicyclic) bond motifs is 2.